The summed E-state index contributed by atoms with van der Waals surface area (Å²) >= 11 is 0. The Morgan fingerprint density at radius 2 is 2.25 bits per heavy atom. The topological polar surface area (TPSA) is 64.3 Å². The minimum absolute atomic E-state index is 0. The van der Waals surface area contributed by atoms with E-state index >= 15 is 0 Å². The molecule has 3 N–H and O–H groups in total. The molecule has 2 rings (SSSR count). The van der Waals surface area contributed by atoms with Gasteiger partial charge in [-0.2, -0.15) is 0 Å². The van der Waals surface area contributed by atoms with Gasteiger partial charge in [0, 0.05) is 11.6 Å². The van der Waals surface area contributed by atoms with Crippen molar-refractivity contribution < 1.29 is 9.53 Å². The third kappa shape index (κ3) is 4.12. The van der Waals surface area contributed by atoms with Gasteiger partial charge >= 0.3 is 0 Å². The van der Waals surface area contributed by atoms with Crippen molar-refractivity contribution >= 4 is 18.3 Å². The van der Waals surface area contributed by atoms with Crippen LogP contribution in [0.2, 0.25) is 0 Å². The first-order valence-corrected chi connectivity index (χ1v) is 6.98. The number of halogens is 1. The number of amides is 1. The van der Waals surface area contributed by atoms with Gasteiger partial charge in [0.1, 0.15) is 5.75 Å². The Bertz CT molecular complexity index is 440. The first kappa shape index (κ1) is 16.8. The van der Waals surface area contributed by atoms with Crippen molar-refractivity contribution in [3.8, 4) is 5.75 Å². The number of hydrogen-bond acceptors (Lipinski definition) is 3. The highest BCUT2D eigenvalue weighted by molar-refractivity contribution is 5.94. The van der Waals surface area contributed by atoms with E-state index in [4.69, 9.17) is 10.5 Å². The van der Waals surface area contributed by atoms with E-state index < -0.39 is 0 Å². The van der Waals surface area contributed by atoms with Gasteiger partial charge < -0.3 is 15.8 Å². The van der Waals surface area contributed by atoms with Crippen molar-refractivity contribution in [2.75, 3.05) is 13.2 Å². The highest BCUT2D eigenvalue weighted by Crippen LogP contribution is 2.25. The number of hydrogen-bond donors (Lipinski definition) is 2. The molecule has 20 heavy (non-hydrogen) atoms. The van der Waals surface area contributed by atoms with E-state index in [0.29, 0.717) is 24.6 Å². The molecule has 0 heterocycles. The van der Waals surface area contributed by atoms with E-state index in [1.54, 1.807) is 6.07 Å². The molecule has 1 fully saturated rings. The molecule has 1 saturated carbocycles. The molecule has 1 aliphatic carbocycles. The quantitative estimate of drug-likeness (QED) is 0.877. The smallest absolute Gasteiger partial charge is 0.251 e. The number of rotatable bonds is 5. The van der Waals surface area contributed by atoms with Crippen LogP contribution in [0.5, 0.6) is 5.75 Å². The Labute approximate surface area is 126 Å². The Morgan fingerprint density at radius 1 is 1.45 bits per heavy atom. The lowest BCUT2D eigenvalue weighted by Gasteiger charge is -2.19. The van der Waals surface area contributed by atoms with Crippen LogP contribution in [0, 0.1) is 5.92 Å². The maximum atomic E-state index is 12.2. The van der Waals surface area contributed by atoms with E-state index in [-0.39, 0.29) is 24.4 Å². The summed E-state index contributed by atoms with van der Waals surface area (Å²) in [5.74, 6) is 1.11. The van der Waals surface area contributed by atoms with E-state index in [2.05, 4.69) is 5.32 Å². The fourth-order valence-corrected chi connectivity index (χ4v) is 2.65. The Balaban J connectivity index is 0.00000200. The lowest BCUT2D eigenvalue weighted by atomic mass is 10.0. The molecule has 0 spiro atoms. The summed E-state index contributed by atoms with van der Waals surface area (Å²) in [4.78, 5) is 12.2. The van der Waals surface area contributed by atoms with Gasteiger partial charge in [-0.05, 0) is 50.4 Å². The Kier molecular flexibility index (Phi) is 6.82. The van der Waals surface area contributed by atoms with Crippen LogP contribution < -0.4 is 15.8 Å². The zero-order valence-electron chi connectivity index (χ0n) is 11.8. The number of carbonyl (C=O) groups is 1. The molecule has 1 aromatic carbocycles. The standard InChI is InChI=1S/C15H22N2O2.ClH/c1-2-19-13-7-3-5-11(9-13)15(18)17-14-8-4-6-12(14)10-16;/h3,5,7,9,12,14H,2,4,6,8,10,16H2,1H3,(H,17,18);1H. The van der Waals surface area contributed by atoms with Crippen molar-refractivity contribution in [2.45, 2.75) is 32.2 Å². The van der Waals surface area contributed by atoms with Crippen molar-refractivity contribution in [3.63, 3.8) is 0 Å². The summed E-state index contributed by atoms with van der Waals surface area (Å²) in [5.41, 5.74) is 6.38. The van der Waals surface area contributed by atoms with E-state index in [0.717, 1.165) is 25.0 Å². The molecule has 112 valence electrons. The van der Waals surface area contributed by atoms with Crippen LogP contribution in [0.25, 0.3) is 0 Å². The number of nitrogens with two attached hydrogens (primary N) is 1. The van der Waals surface area contributed by atoms with E-state index in [1.165, 1.54) is 0 Å². The van der Waals surface area contributed by atoms with Crippen LogP contribution in [0.4, 0.5) is 0 Å². The maximum Gasteiger partial charge on any atom is 0.251 e. The van der Waals surface area contributed by atoms with Gasteiger partial charge in [0.25, 0.3) is 5.91 Å². The van der Waals surface area contributed by atoms with Crippen LogP contribution in [-0.2, 0) is 0 Å². The van der Waals surface area contributed by atoms with Gasteiger partial charge in [-0.3, -0.25) is 4.79 Å². The molecule has 0 aliphatic heterocycles. The highest BCUT2D eigenvalue weighted by Gasteiger charge is 2.27. The van der Waals surface area contributed by atoms with Gasteiger partial charge in [-0.25, -0.2) is 0 Å². The summed E-state index contributed by atoms with van der Waals surface area (Å²) < 4.78 is 5.41. The van der Waals surface area contributed by atoms with Crippen LogP contribution in [-0.4, -0.2) is 25.1 Å². The molecule has 1 aromatic rings. The first-order valence-electron chi connectivity index (χ1n) is 6.98. The molecule has 0 aromatic heterocycles. The normalized spacial score (nSPS) is 21.1. The molecule has 1 amide bonds. The first-order chi connectivity index (χ1) is 9.24. The Hall–Kier alpha value is -1.26. The molecule has 0 bridgehead atoms. The molecule has 2 unspecified atom stereocenters. The lowest BCUT2D eigenvalue weighted by Crippen LogP contribution is -2.39. The average molecular weight is 299 g/mol. The molecule has 2 atom stereocenters. The van der Waals surface area contributed by atoms with Gasteiger partial charge in [0.15, 0.2) is 0 Å². The van der Waals surface area contributed by atoms with Gasteiger partial charge in [-0.15, -0.1) is 12.4 Å². The molecule has 0 radical (unpaired) electrons. The van der Waals surface area contributed by atoms with Gasteiger partial charge in [0.2, 0.25) is 0 Å². The monoisotopic (exact) mass is 298 g/mol. The number of benzene rings is 1. The fraction of sp³-hybridized carbons (Fsp3) is 0.533. The van der Waals surface area contributed by atoms with Crippen LogP contribution in [0.1, 0.15) is 36.5 Å². The van der Waals surface area contributed by atoms with Crippen LogP contribution in [0.15, 0.2) is 24.3 Å². The third-order valence-electron chi connectivity index (χ3n) is 3.69. The minimum Gasteiger partial charge on any atom is -0.494 e. The fourth-order valence-electron chi connectivity index (χ4n) is 2.65. The molecule has 4 nitrogen and oxygen atoms in total. The van der Waals surface area contributed by atoms with Crippen LogP contribution in [0.3, 0.4) is 0 Å². The van der Waals surface area contributed by atoms with Gasteiger partial charge in [0.05, 0.1) is 6.61 Å². The second-order valence-corrected chi connectivity index (χ2v) is 4.97. The third-order valence-corrected chi connectivity index (χ3v) is 3.69. The average Bonchev–Trinajstić information content (AvgIpc) is 2.86. The summed E-state index contributed by atoms with van der Waals surface area (Å²) in [7, 11) is 0. The predicted molar refractivity (Wildman–Crippen MR) is 82.5 cm³/mol. The Morgan fingerprint density at radius 3 is 2.95 bits per heavy atom. The molecule has 1 aliphatic rings. The highest BCUT2D eigenvalue weighted by atomic mass is 35.5. The summed E-state index contributed by atoms with van der Waals surface area (Å²) in [6.45, 7) is 3.17. The number of ether oxygens (including phenoxy) is 1. The minimum atomic E-state index is -0.0353. The van der Waals surface area contributed by atoms with E-state index in [1.807, 2.05) is 25.1 Å². The molecular formula is C15H23ClN2O2. The molecule has 5 heteroatoms. The molecular weight excluding hydrogens is 276 g/mol. The SMILES string of the molecule is CCOc1cccc(C(=O)NC2CCCC2CN)c1.Cl. The second-order valence-electron chi connectivity index (χ2n) is 4.97. The summed E-state index contributed by atoms with van der Waals surface area (Å²) in [6, 6.07) is 7.51. The maximum absolute atomic E-state index is 12.2. The zero-order valence-corrected chi connectivity index (χ0v) is 12.6. The van der Waals surface area contributed by atoms with Gasteiger partial charge in [-0.1, -0.05) is 12.5 Å². The van der Waals surface area contributed by atoms with Crippen molar-refractivity contribution in [1.82, 2.24) is 5.32 Å². The number of nitrogens with one attached hydrogen (secondary N) is 1. The van der Waals surface area contributed by atoms with E-state index in [9.17, 15) is 4.79 Å². The van der Waals surface area contributed by atoms with Crippen molar-refractivity contribution in [1.29, 1.82) is 0 Å². The zero-order chi connectivity index (χ0) is 13.7. The largest absolute Gasteiger partial charge is 0.494 e. The summed E-state index contributed by atoms with van der Waals surface area (Å²) in [6.07, 6.45) is 3.28. The molecule has 0 saturated heterocycles. The van der Waals surface area contributed by atoms with Crippen LogP contribution >= 0.6 is 12.4 Å². The summed E-state index contributed by atoms with van der Waals surface area (Å²) in [5, 5.41) is 3.09. The number of carbonyl (C=O) groups excluding carboxylic acids is 1. The lowest BCUT2D eigenvalue weighted by molar-refractivity contribution is 0.0928. The second kappa shape index (κ2) is 8.12. The van der Waals surface area contributed by atoms with Crippen molar-refractivity contribution in [3.05, 3.63) is 29.8 Å². The predicted octanol–water partition coefficient (Wildman–Crippen LogP) is 2.36. The van der Waals surface area contributed by atoms with Crippen molar-refractivity contribution in [2.24, 2.45) is 11.7 Å².